The average Bonchev–Trinajstić information content (AvgIpc) is 2.49. The Morgan fingerprint density at radius 1 is 2.30 bits per heavy atom. The molecule has 0 radical (unpaired) electrons. The highest BCUT2D eigenvalue weighted by molar-refractivity contribution is 9.10. The van der Waals surface area contributed by atoms with E-state index in [1.165, 1.54) is 0 Å². The molecule has 1 rings (SSSR count). The maximum atomic E-state index is 8.03. The van der Waals surface area contributed by atoms with Gasteiger partial charge in [-0.25, -0.2) is 4.98 Å². The van der Waals surface area contributed by atoms with Gasteiger partial charge in [0.25, 0.3) is 0 Å². The van der Waals surface area contributed by atoms with Gasteiger partial charge in [-0.15, -0.1) is 0 Å². The Labute approximate surface area is 84.9 Å². The van der Waals surface area contributed by atoms with Crippen LogP contribution in [0.3, 0.4) is 0 Å². The first-order valence-electron chi connectivity index (χ1n) is 7.81. The molecule has 0 N–H and O–H groups in total. The summed E-state index contributed by atoms with van der Waals surface area (Å²) in [5.41, 5.74) is 0. The Morgan fingerprint density at radius 2 is 3.20 bits per heavy atom. The summed E-state index contributed by atoms with van der Waals surface area (Å²) < 4.78 is 82.1. The van der Waals surface area contributed by atoms with Gasteiger partial charge in [-0.2, -0.15) is 0 Å². The first-order chi connectivity index (χ1) is 9.09. The third-order valence-electron chi connectivity index (χ3n) is 0.794. The molecule has 1 atom stereocenters. The third-order valence-corrected chi connectivity index (χ3v) is 1.15. The Hall–Kier alpha value is -0.310. The summed E-state index contributed by atoms with van der Waals surface area (Å²) in [6.07, 6.45) is -5.22. The Morgan fingerprint density at radius 3 is 3.70 bits per heavy atom. The van der Waals surface area contributed by atoms with Crippen LogP contribution in [0.5, 0.6) is 0 Å². The molecule has 0 aliphatic heterocycles. The Kier molecular flexibility index (Phi) is 0.545. The first-order valence-corrected chi connectivity index (χ1v) is 3.10. The van der Waals surface area contributed by atoms with Gasteiger partial charge in [0.05, 0.1) is 9.04 Å². The van der Waals surface area contributed by atoms with Crippen molar-refractivity contribution in [3.63, 3.8) is 0 Å². The maximum Gasteiger partial charge on any atom is 0.124 e. The molecule has 56 valence electrons. The van der Waals surface area contributed by atoms with Gasteiger partial charge in [0.1, 0.15) is 5.97 Å². The molecule has 0 aliphatic rings. The molecular weight excluding hydrogens is 192 g/mol. The second-order valence-corrected chi connectivity index (χ2v) is 2.17. The molecule has 1 unspecified atom stereocenters. The molecule has 0 aromatic carbocycles. The zero-order valence-electron chi connectivity index (χ0n) is 15.8. The minimum absolute atomic E-state index is 0.149. The summed E-state index contributed by atoms with van der Waals surface area (Å²) >= 11 is 2.77. The van der Waals surface area contributed by atoms with E-state index in [1.807, 2.05) is 0 Å². The van der Waals surface area contributed by atoms with Crippen LogP contribution in [0.2, 0.25) is 0 Å². The molecule has 1 heterocycles. The lowest BCUT2D eigenvalue weighted by molar-refractivity contribution is 0.530. The van der Waals surface area contributed by atoms with E-state index >= 15 is 0 Å². The highest BCUT2D eigenvalue weighted by atomic mass is 79.9. The van der Waals surface area contributed by atoms with Gasteiger partial charge in [-0.3, -0.25) is 0 Å². The topological polar surface area (TPSA) is 17.8 Å². The van der Waals surface area contributed by atoms with Crippen LogP contribution in [0.25, 0.3) is 0 Å². The van der Waals surface area contributed by atoms with Crippen LogP contribution in [0.15, 0.2) is 17.1 Å². The van der Waals surface area contributed by atoms with E-state index in [0.29, 0.717) is 0 Å². The van der Waals surface area contributed by atoms with Gasteiger partial charge in [0.15, 0.2) is 0 Å². The fourth-order valence-corrected chi connectivity index (χ4v) is 0.655. The third kappa shape index (κ3) is 1.59. The molecule has 1 aromatic rings. The van der Waals surface area contributed by atoms with E-state index in [4.69, 9.17) is 15.1 Å². The molecule has 0 saturated carbocycles. The highest BCUT2D eigenvalue weighted by Gasteiger charge is 2.00. The van der Waals surface area contributed by atoms with Gasteiger partial charge in [-0.05, 0) is 29.2 Å². The minimum atomic E-state index is -3.56. The second-order valence-electron chi connectivity index (χ2n) is 1.42. The van der Waals surface area contributed by atoms with Gasteiger partial charge < -0.3 is 4.57 Å². The minimum Gasteiger partial charge on any atom is -0.334 e. The van der Waals surface area contributed by atoms with Crippen LogP contribution in [-0.2, 0) is 0 Å². The Balaban J connectivity index is 3.81. The lowest BCUT2D eigenvalue weighted by Gasteiger charge is -2.07. The van der Waals surface area contributed by atoms with Crippen LogP contribution in [0.4, 0.5) is 0 Å². The number of nitrogens with zero attached hydrogens (tertiary/aromatic N) is 2. The average molecular weight is 214 g/mol. The van der Waals surface area contributed by atoms with Gasteiger partial charge >= 0.3 is 0 Å². The van der Waals surface area contributed by atoms with E-state index in [-0.39, 0.29) is 9.17 Å². The number of rotatable bonds is 2. The van der Waals surface area contributed by atoms with Gasteiger partial charge in [0.2, 0.25) is 0 Å². The zero-order valence-corrected chi connectivity index (χ0v) is 6.36. The number of hydrogen-bond donors (Lipinski definition) is 0. The molecule has 1 aromatic heterocycles. The van der Waals surface area contributed by atoms with Gasteiger partial charge in [0, 0.05) is 23.2 Å². The largest absolute Gasteiger partial charge is 0.334 e. The summed E-state index contributed by atoms with van der Waals surface area (Å²) in [5.74, 6) is 0. The molecule has 3 heteroatoms. The highest BCUT2D eigenvalue weighted by Crippen LogP contribution is 2.12. The number of aromatic nitrogens is 2. The molecule has 0 spiro atoms. The predicted octanol–water partition coefficient (Wildman–Crippen LogP) is 2.62. The summed E-state index contributed by atoms with van der Waals surface area (Å²) in [4.78, 5) is 3.42. The van der Waals surface area contributed by atoms with Crippen LogP contribution in [0.1, 0.15) is 41.2 Å². The van der Waals surface area contributed by atoms with Crippen molar-refractivity contribution in [2.24, 2.45) is 0 Å². The zero-order chi connectivity index (χ0) is 17.0. The van der Waals surface area contributed by atoms with Crippen molar-refractivity contribution in [2.75, 3.05) is 0 Å². The van der Waals surface area contributed by atoms with Crippen LogP contribution in [-0.4, -0.2) is 9.55 Å². The standard InChI is InChI=1S/C7H11BrN2/c1-3-6(2)10-4-7(8)9-5-10/h4-6H,3H2,1-2H3/i1D3,2D3,3D2,4D,5D,6D. The van der Waals surface area contributed by atoms with Crippen molar-refractivity contribution in [1.82, 2.24) is 9.55 Å². The van der Waals surface area contributed by atoms with Crippen molar-refractivity contribution in [3.05, 3.63) is 17.1 Å². The molecule has 2 nitrogen and oxygen atoms in total. The van der Waals surface area contributed by atoms with Crippen LogP contribution in [0, 0.1) is 0 Å². The smallest absolute Gasteiger partial charge is 0.124 e. The molecule has 0 saturated heterocycles. The summed E-state index contributed by atoms with van der Waals surface area (Å²) in [5, 5.41) is 0. The van der Waals surface area contributed by atoms with Crippen LogP contribution < -0.4 is 0 Å². The second kappa shape index (κ2) is 3.19. The van der Waals surface area contributed by atoms with E-state index in [1.54, 1.807) is 0 Å². The molecule has 0 fully saturated rings. The number of halogens is 1. The molecule has 0 bridgehead atoms. The van der Waals surface area contributed by atoms with Crippen molar-refractivity contribution >= 4 is 15.9 Å². The SMILES string of the molecule is [2H]c1nc(Br)c([2H])n1C([2H])(C([2H])([2H])[2H])C([2H])([2H])C([2H])([2H])[2H]. The molecule has 10 heavy (non-hydrogen) atoms. The summed E-state index contributed by atoms with van der Waals surface area (Å²) in [7, 11) is 0. The molecular formula is C7H11BrN2. The summed E-state index contributed by atoms with van der Waals surface area (Å²) in [6.45, 7) is -6.92. The quantitative estimate of drug-likeness (QED) is 0.739. The van der Waals surface area contributed by atoms with E-state index in [0.717, 1.165) is 0 Å². The lowest BCUT2D eigenvalue weighted by Crippen LogP contribution is -1.99. The Bertz CT molecular complexity index is 544. The number of imidazole rings is 1. The van der Waals surface area contributed by atoms with Crippen molar-refractivity contribution in [1.29, 1.82) is 0 Å². The first kappa shape index (κ1) is 1.71. The fraction of sp³-hybridized carbons (Fsp3) is 0.571. The van der Waals surface area contributed by atoms with Crippen molar-refractivity contribution < 1.29 is 15.1 Å². The van der Waals surface area contributed by atoms with E-state index in [9.17, 15) is 0 Å². The van der Waals surface area contributed by atoms with Crippen LogP contribution >= 0.6 is 15.9 Å². The predicted molar refractivity (Wildman–Crippen MR) is 44.9 cm³/mol. The monoisotopic (exact) mass is 213 g/mol. The molecule has 0 aliphatic carbocycles. The van der Waals surface area contributed by atoms with Gasteiger partial charge in [-0.1, -0.05) is 6.85 Å². The number of hydrogen-bond acceptors (Lipinski definition) is 1. The maximum absolute atomic E-state index is 8.03. The summed E-state index contributed by atoms with van der Waals surface area (Å²) in [6, 6.07) is -3.42. The van der Waals surface area contributed by atoms with E-state index in [2.05, 4.69) is 20.9 Å². The van der Waals surface area contributed by atoms with Crippen molar-refractivity contribution in [3.8, 4) is 0 Å². The normalized spacial score (nSPS) is 36.7. The fourth-order valence-electron chi connectivity index (χ4n) is 0.398. The molecule has 0 amide bonds. The van der Waals surface area contributed by atoms with E-state index < -0.39 is 38.6 Å². The lowest BCUT2D eigenvalue weighted by atomic mass is 10.3. The van der Waals surface area contributed by atoms with Crippen molar-refractivity contribution in [2.45, 2.75) is 26.1 Å².